The number of carbonyl (C=O) groups is 1. The maximum absolute atomic E-state index is 11.2. The van der Waals surface area contributed by atoms with Gasteiger partial charge in [-0.3, -0.25) is 9.69 Å². The molecule has 1 aliphatic heterocycles. The van der Waals surface area contributed by atoms with Gasteiger partial charge in [0.2, 0.25) is 0 Å². The summed E-state index contributed by atoms with van der Waals surface area (Å²) in [5.41, 5.74) is 2.31. The number of oxime groups is 1. The van der Waals surface area contributed by atoms with Crippen molar-refractivity contribution in [2.45, 2.75) is 12.8 Å². The third-order valence-corrected chi connectivity index (χ3v) is 4.68. The number of likely N-dealkylation sites (tertiary alicyclic amines) is 1. The minimum absolute atomic E-state index is 0. The maximum atomic E-state index is 11.2. The van der Waals surface area contributed by atoms with E-state index in [9.17, 15) is 15.0 Å². The molecular formula is C21H25ClN2O4. The number of phenolic OH excluding ortho intramolecular Hbond substituents is 1. The highest BCUT2D eigenvalue weighted by Crippen LogP contribution is 2.18. The van der Waals surface area contributed by atoms with Gasteiger partial charge < -0.3 is 15.1 Å². The minimum atomic E-state index is -0.728. The molecule has 0 amide bonds. The molecular weight excluding hydrogens is 380 g/mol. The predicted octanol–water partition coefficient (Wildman–Crippen LogP) is 3.38. The molecule has 1 heterocycles. The Bertz CT molecular complexity index is 798. The molecule has 1 unspecified atom stereocenters. The SMILES string of the molecule is Cl.O=C(O)C1CCCN(CCON=C(c2ccccc2)c2cccc(O)c2)C1. The van der Waals surface area contributed by atoms with Gasteiger partial charge in [-0.05, 0) is 31.5 Å². The number of aliphatic carboxylic acids is 1. The summed E-state index contributed by atoms with van der Waals surface area (Å²) >= 11 is 0. The third-order valence-electron chi connectivity index (χ3n) is 4.68. The first-order chi connectivity index (χ1) is 13.1. The highest BCUT2D eigenvalue weighted by Gasteiger charge is 2.25. The molecule has 0 aliphatic carbocycles. The van der Waals surface area contributed by atoms with Gasteiger partial charge in [-0.15, -0.1) is 12.4 Å². The number of hydrogen-bond acceptors (Lipinski definition) is 5. The molecule has 3 rings (SSSR count). The van der Waals surface area contributed by atoms with Crippen LogP contribution in [0.3, 0.4) is 0 Å². The van der Waals surface area contributed by atoms with Crippen molar-refractivity contribution in [2.24, 2.45) is 11.1 Å². The Labute approximate surface area is 170 Å². The van der Waals surface area contributed by atoms with E-state index >= 15 is 0 Å². The van der Waals surface area contributed by atoms with E-state index in [1.54, 1.807) is 18.2 Å². The molecule has 1 saturated heterocycles. The Kier molecular flexibility index (Phi) is 8.29. The van der Waals surface area contributed by atoms with E-state index in [0.717, 1.165) is 30.5 Å². The third kappa shape index (κ3) is 5.97. The van der Waals surface area contributed by atoms with Gasteiger partial charge in [-0.1, -0.05) is 47.6 Å². The van der Waals surface area contributed by atoms with Crippen molar-refractivity contribution in [1.29, 1.82) is 0 Å². The molecule has 1 aliphatic rings. The van der Waals surface area contributed by atoms with Gasteiger partial charge in [0.1, 0.15) is 18.1 Å². The lowest BCUT2D eigenvalue weighted by Gasteiger charge is -2.29. The summed E-state index contributed by atoms with van der Waals surface area (Å²) in [7, 11) is 0. The fourth-order valence-corrected chi connectivity index (χ4v) is 3.26. The topological polar surface area (TPSA) is 82.4 Å². The zero-order valence-corrected chi connectivity index (χ0v) is 16.3. The lowest BCUT2D eigenvalue weighted by molar-refractivity contribution is -0.143. The second-order valence-electron chi connectivity index (χ2n) is 6.67. The van der Waals surface area contributed by atoms with Gasteiger partial charge in [-0.2, -0.15) is 0 Å². The van der Waals surface area contributed by atoms with Crippen molar-refractivity contribution in [2.75, 3.05) is 26.2 Å². The number of phenols is 1. The first-order valence-electron chi connectivity index (χ1n) is 9.13. The Hall–Kier alpha value is -2.57. The summed E-state index contributed by atoms with van der Waals surface area (Å²) in [5.74, 6) is -0.854. The van der Waals surface area contributed by atoms with Crippen LogP contribution in [0.2, 0.25) is 0 Å². The van der Waals surface area contributed by atoms with Gasteiger partial charge in [0.05, 0.1) is 5.92 Å². The summed E-state index contributed by atoms with van der Waals surface area (Å²) in [6.45, 7) is 2.45. The van der Waals surface area contributed by atoms with Crippen molar-refractivity contribution < 1.29 is 19.8 Å². The molecule has 0 saturated carbocycles. The van der Waals surface area contributed by atoms with Crippen molar-refractivity contribution in [3.05, 3.63) is 65.7 Å². The average molecular weight is 405 g/mol. The molecule has 6 nitrogen and oxygen atoms in total. The molecule has 0 bridgehead atoms. The van der Waals surface area contributed by atoms with Crippen LogP contribution >= 0.6 is 12.4 Å². The number of hydrogen-bond donors (Lipinski definition) is 2. The molecule has 150 valence electrons. The fourth-order valence-electron chi connectivity index (χ4n) is 3.26. The number of benzene rings is 2. The molecule has 28 heavy (non-hydrogen) atoms. The molecule has 2 aromatic carbocycles. The summed E-state index contributed by atoms with van der Waals surface area (Å²) < 4.78 is 0. The van der Waals surface area contributed by atoms with E-state index < -0.39 is 5.97 Å². The molecule has 1 fully saturated rings. The lowest BCUT2D eigenvalue weighted by atomic mass is 9.98. The summed E-state index contributed by atoms with van der Waals surface area (Å²) in [4.78, 5) is 18.8. The normalized spacial score (nSPS) is 17.6. The largest absolute Gasteiger partial charge is 0.508 e. The van der Waals surface area contributed by atoms with Crippen LogP contribution in [-0.4, -0.2) is 53.0 Å². The van der Waals surface area contributed by atoms with Crippen LogP contribution in [0.5, 0.6) is 5.75 Å². The first kappa shape index (κ1) is 21.7. The molecule has 2 N–H and O–H groups in total. The number of carboxylic acid groups (broad SMARTS) is 1. The number of halogens is 1. The van der Waals surface area contributed by atoms with Crippen LogP contribution in [0.25, 0.3) is 0 Å². The number of rotatable bonds is 7. The van der Waals surface area contributed by atoms with Crippen LogP contribution in [0, 0.1) is 5.92 Å². The second-order valence-corrected chi connectivity index (χ2v) is 6.67. The highest BCUT2D eigenvalue weighted by molar-refractivity contribution is 6.12. The summed E-state index contributed by atoms with van der Waals surface area (Å²) in [6.07, 6.45) is 1.62. The van der Waals surface area contributed by atoms with E-state index in [1.807, 2.05) is 36.4 Å². The highest BCUT2D eigenvalue weighted by atomic mass is 35.5. The summed E-state index contributed by atoms with van der Waals surface area (Å²) in [5, 5.41) is 23.3. The van der Waals surface area contributed by atoms with E-state index in [-0.39, 0.29) is 24.1 Å². The van der Waals surface area contributed by atoms with Crippen LogP contribution in [0.1, 0.15) is 24.0 Å². The first-order valence-corrected chi connectivity index (χ1v) is 9.13. The zero-order chi connectivity index (χ0) is 19.1. The number of nitrogens with zero attached hydrogens (tertiary/aromatic N) is 2. The monoisotopic (exact) mass is 404 g/mol. The minimum Gasteiger partial charge on any atom is -0.508 e. The Morgan fingerprint density at radius 1 is 1.14 bits per heavy atom. The molecule has 2 aromatic rings. The van der Waals surface area contributed by atoms with E-state index in [4.69, 9.17) is 4.84 Å². The van der Waals surface area contributed by atoms with Gasteiger partial charge in [0.15, 0.2) is 0 Å². The average Bonchev–Trinajstić information content (AvgIpc) is 2.69. The van der Waals surface area contributed by atoms with E-state index in [0.29, 0.717) is 25.4 Å². The predicted molar refractivity (Wildman–Crippen MR) is 110 cm³/mol. The Morgan fingerprint density at radius 3 is 2.61 bits per heavy atom. The van der Waals surface area contributed by atoms with Crippen molar-refractivity contribution >= 4 is 24.1 Å². The quantitative estimate of drug-likeness (QED) is 0.420. The summed E-state index contributed by atoms with van der Waals surface area (Å²) in [6, 6.07) is 16.6. The second kappa shape index (κ2) is 10.7. The molecule has 1 atom stereocenters. The van der Waals surface area contributed by atoms with Crippen molar-refractivity contribution in [1.82, 2.24) is 4.90 Å². The number of piperidine rings is 1. The van der Waals surface area contributed by atoms with Gasteiger partial charge >= 0.3 is 5.97 Å². The van der Waals surface area contributed by atoms with E-state index in [2.05, 4.69) is 10.1 Å². The van der Waals surface area contributed by atoms with Crippen LogP contribution in [0.15, 0.2) is 59.8 Å². The lowest BCUT2D eigenvalue weighted by Crippen LogP contribution is -2.40. The van der Waals surface area contributed by atoms with E-state index in [1.165, 1.54) is 0 Å². The van der Waals surface area contributed by atoms with Gasteiger partial charge in [-0.25, -0.2) is 0 Å². The number of carboxylic acids is 1. The van der Waals surface area contributed by atoms with Crippen LogP contribution < -0.4 is 0 Å². The molecule has 0 aromatic heterocycles. The number of aromatic hydroxyl groups is 1. The Balaban J connectivity index is 0.00000280. The maximum Gasteiger partial charge on any atom is 0.307 e. The zero-order valence-electron chi connectivity index (χ0n) is 15.5. The van der Waals surface area contributed by atoms with Gasteiger partial charge in [0, 0.05) is 24.2 Å². The molecule has 0 spiro atoms. The smallest absolute Gasteiger partial charge is 0.307 e. The molecule has 7 heteroatoms. The van der Waals surface area contributed by atoms with Crippen LogP contribution in [-0.2, 0) is 9.63 Å². The van der Waals surface area contributed by atoms with Gasteiger partial charge in [0.25, 0.3) is 0 Å². The van der Waals surface area contributed by atoms with Crippen molar-refractivity contribution in [3.8, 4) is 5.75 Å². The fraction of sp³-hybridized carbons (Fsp3) is 0.333. The van der Waals surface area contributed by atoms with Crippen molar-refractivity contribution in [3.63, 3.8) is 0 Å². The van der Waals surface area contributed by atoms with Crippen LogP contribution in [0.4, 0.5) is 0 Å². The molecule has 0 radical (unpaired) electrons. The standard InChI is InChI=1S/C21H24N2O4.ClH/c24-19-10-4-8-17(14-19)20(16-6-2-1-3-7-16)22-27-13-12-23-11-5-9-18(15-23)21(25)26;/h1-4,6-8,10,14,18,24H,5,9,11-13,15H2,(H,25,26);1H. The Morgan fingerprint density at radius 2 is 1.89 bits per heavy atom.